The molecule has 11 nitrogen and oxygen atoms in total. The average Bonchev–Trinajstić information content (AvgIpc) is 3.31. The Morgan fingerprint density at radius 1 is 0.471 bits per heavy atom. The number of carbonyl (C=O) groups is 3. The summed E-state index contributed by atoms with van der Waals surface area (Å²) in [7, 11) is 0.967. The standard InChI is InChI=1S/C58H110NO10P/c1-8-11-14-17-20-23-25-27-29-31-33-36-38-41-44-47-56(60)65-51-54(68-58(62)49-46-43-40-37-34-32-30-28-26-24-21-18-15-12-9-2)52-66-70(63,64)69-55(50-59(5,6)7)53(4)67-57(61)48-45-42-39-35-22-19-16-13-10-3/h27-30,53-55H,8-26,31-52H2,1-7H3/p+1/b29-27-,30-28-/t53?,54-,55?/m1/s1. The molecule has 0 aromatic carbocycles. The van der Waals surface area contributed by atoms with Crippen molar-refractivity contribution < 1.29 is 51.6 Å². The van der Waals surface area contributed by atoms with Gasteiger partial charge in [-0.3, -0.25) is 23.4 Å². The summed E-state index contributed by atoms with van der Waals surface area (Å²) in [6.07, 6.45) is 47.2. The molecule has 412 valence electrons. The van der Waals surface area contributed by atoms with Crippen molar-refractivity contribution in [3.8, 4) is 0 Å². The molecule has 0 aromatic heterocycles. The number of phosphoric acid groups is 1. The Hall–Kier alpha value is -2.04. The van der Waals surface area contributed by atoms with Gasteiger partial charge in [0.1, 0.15) is 19.3 Å². The van der Waals surface area contributed by atoms with Crippen LogP contribution < -0.4 is 0 Å². The maximum atomic E-state index is 13.5. The summed E-state index contributed by atoms with van der Waals surface area (Å²) in [5.41, 5.74) is 0. The molecule has 0 saturated heterocycles. The summed E-state index contributed by atoms with van der Waals surface area (Å²) < 4.78 is 42.0. The lowest BCUT2D eigenvalue weighted by Gasteiger charge is -2.32. The number of likely N-dealkylation sites (N-methyl/N-ethyl adjacent to an activating group) is 1. The van der Waals surface area contributed by atoms with Crippen molar-refractivity contribution >= 4 is 25.7 Å². The van der Waals surface area contributed by atoms with Crippen LogP contribution in [0.4, 0.5) is 0 Å². The number of rotatable bonds is 52. The van der Waals surface area contributed by atoms with E-state index in [4.69, 9.17) is 23.3 Å². The Kier molecular flexibility index (Phi) is 46.5. The van der Waals surface area contributed by atoms with E-state index < -0.39 is 44.7 Å². The number of quaternary nitrogens is 1. The Morgan fingerprint density at radius 2 is 0.800 bits per heavy atom. The van der Waals surface area contributed by atoms with Crippen LogP contribution in [0.25, 0.3) is 0 Å². The van der Waals surface area contributed by atoms with Crippen molar-refractivity contribution in [1.82, 2.24) is 0 Å². The highest BCUT2D eigenvalue weighted by molar-refractivity contribution is 7.47. The van der Waals surface area contributed by atoms with Crippen molar-refractivity contribution in [2.75, 3.05) is 40.9 Å². The molecule has 12 heteroatoms. The summed E-state index contributed by atoms with van der Waals surface area (Å²) in [5, 5.41) is 0. The Morgan fingerprint density at radius 3 is 1.17 bits per heavy atom. The zero-order valence-corrected chi connectivity index (χ0v) is 47.4. The molecule has 1 N–H and O–H groups in total. The van der Waals surface area contributed by atoms with Crippen LogP contribution in [0, 0.1) is 0 Å². The fraction of sp³-hybridized carbons (Fsp3) is 0.879. The molecule has 0 rings (SSSR count). The first kappa shape index (κ1) is 68.0. The largest absolute Gasteiger partial charge is 0.472 e. The Bertz CT molecular complexity index is 1330. The van der Waals surface area contributed by atoms with Crippen LogP contribution in [-0.2, 0) is 42.2 Å². The minimum Gasteiger partial charge on any atom is -0.462 e. The molecule has 3 unspecified atom stereocenters. The summed E-state index contributed by atoms with van der Waals surface area (Å²) in [6, 6.07) is 0. The fourth-order valence-corrected chi connectivity index (χ4v) is 9.40. The molecule has 0 aliphatic rings. The van der Waals surface area contributed by atoms with Crippen LogP contribution in [0.3, 0.4) is 0 Å². The molecule has 0 aromatic rings. The lowest BCUT2D eigenvalue weighted by molar-refractivity contribution is -0.873. The topological polar surface area (TPSA) is 135 Å². The third-order valence-electron chi connectivity index (χ3n) is 12.8. The molecule has 0 saturated carbocycles. The van der Waals surface area contributed by atoms with Crippen molar-refractivity contribution in [3.63, 3.8) is 0 Å². The van der Waals surface area contributed by atoms with Gasteiger partial charge < -0.3 is 23.6 Å². The fourth-order valence-electron chi connectivity index (χ4n) is 8.41. The Balaban J connectivity index is 5.11. The number of carbonyl (C=O) groups excluding carboxylic acids is 3. The molecule has 70 heavy (non-hydrogen) atoms. The molecule has 0 heterocycles. The quantitative estimate of drug-likeness (QED) is 0.0157. The summed E-state index contributed by atoms with van der Waals surface area (Å²) in [6.45, 7) is 7.80. The zero-order chi connectivity index (χ0) is 51.8. The molecule has 0 fully saturated rings. The molecule has 0 aliphatic heterocycles. The van der Waals surface area contributed by atoms with E-state index in [9.17, 15) is 23.8 Å². The second kappa shape index (κ2) is 47.9. The van der Waals surface area contributed by atoms with Gasteiger partial charge in [0, 0.05) is 19.3 Å². The number of hydrogen-bond donors (Lipinski definition) is 1. The highest BCUT2D eigenvalue weighted by Gasteiger charge is 2.36. The van der Waals surface area contributed by atoms with Gasteiger partial charge in [-0.25, -0.2) is 4.57 Å². The highest BCUT2D eigenvalue weighted by Crippen LogP contribution is 2.46. The number of ether oxygens (including phenoxy) is 3. The Labute approximate surface area is 431 Å². The molecule has 0 aliphatic carbocycles. The van der Waals surface area contributed by atoms with Gasteiger partial charge in [-0.1, -0.05) is 199 Å². The van der Waals surface area contributed by atoms with Crippen LogP contribution in [0.2, 0.25) is 0 Å². The van der Waals surface area contributed by atoms with Crippen LogP contribution in [0.15, 0.2) is 24.3 Å². The minimum absolute atomic E-state index is 0.179. The van der Waals surface area contributed by atoms with Crippen molar-refractivity contribution in [2.24, 2.45) is 0 Å². The zero-order valence-electron chi connectivity index (χ0n) is 46.5. The first-order chi connectivity index (χ1) is 33.7. The monoisotopic (exact) mass is 1010 g/mol. The number of unbranched alkanes of at least 4 members (excludes halogenated alkanes) is 30. The predicted octanol–water partition coefficient (Wildman–Crippen LogP) is 16.6. The molecule has 0 radical (unpaired) electrons. The van der Waals surface area contributed by atoms with Gasteiger partial charge in [0.2, 0.25) is 0 Å². The van der Waals surface area contributed by atoms with Gasteiger partial charge in [-0.2, -0.15) is 0 Å². The number of nitrogens with zero attached hydrogens (tertiary/aromatic N) is 1. The van der Waals surface area contributed by atoms with Crippen LogP contribution in [-0.4, -0.2) is 86.5 Å². The molecular formula is C58H111NO10P+. The third-order valence-corrected chi connectivity index (χ3v) is 13.8. The maximum absolute atomic E-state index is 13.5. The summed E-state index contributed by atoms with van der Waals surface area (Å²) >= 11 is 0. The van der Waals surface area contributed by atoms with Crippen molar-refractivity contribution in [2.45, 2.75) is 290 Å². The SMILES string of the molecule is CCCCCCCC/C=C\CCCCCCCC(=O)OC[C@H](COP(=O)(O)OC(C[N+](C)(C)C)C(C)OC(=O)CCCCCCCCCCC)OC(=O)CCCCCCC/C=C\CCCCCCCC. The number of hydrogen-bond acceptors (Lipinski definition) is 9. The van der Waals surface area contributed by atoms with E-state index in [1.54, 1.807) is 6.92 Å². The van der Waals surface area contributed by atoms with Crippen LogP contribution >= 0.6 is 7.82 Å². The van der Waals surface area contributed by atoms with E-state index in [1.807, 2.05) is 21.1 Å². The first-order valence-corrected chi connectivity index (χ1v) is 30.5. The van der Waals surface area contributed by atoms with Gasteiger partial charge in [0.25, 0.3) is 0 Å². The number of allylic oxidation sites excluding steroid dienone is 4. The van der Waals surface area contributed by atoms with E-state index in [2.05, 4.69) is 45.1 Å². The molecular weight excluding hydrogens is 902 g/mol. The van der Waals surface area contributed by atoms with E-state index in [-0.39, 0.29) is 38.4 Å². The van der Waals surface area contributed by atoms with Crippen LogP contribution in [0.1, 0.15) is 272 Å². The van der Waals surface area contributed by atoms with Crippen molar-refractivity contribution in [3.05, 3.63) is 24.3 Å². The number of esters is 3. The second-order valence-electron chi connectivity index (χ2n) is 21.1. The van der Waals surface area contributed by atoms with Gasteiger partial charge >= 0.3 is 25.7 Å². The van der Waals surface area contributed by atoms with E-state index in [1.165, 1.54) is 122 Å². The summed E-state index contributed by atoms with van der Waals surface area (Å²) in [4.78, 5) is 49.7. The normalized spacial score (nSPS) is 14.2. The molecule has 4 atom stereocenters. The highest BCUT2D eigenvalue weighted by atomic mass is 31.2. The van der Waals surface area contributed by atoms with E-state index in [0.717, 1.165) is 89.9 Å². The van der Waals surface area contributed by atoms with E-state index in [0.29, 0.717) is 17.3 Å². The predicted molar refractivity (Wildman–Crippen MR) is 291 cm³/mol. The smallest absolute Gasteiger partial charge is 0.462 e. The second-order valence-corrected chi connectivity index (χ2v) is 22.5. The first-order valence-electron chi connectivity index (χ1n) is 29.0. The minimum atomic E-state index is -4.76. The van der Waals surface area contributed by atoms with Crippen molar-refractivity contribution in [1.29, 1.82) is 0 Å². The van der Waals surface area contributed by atoms with Crippen LogP contribution in [0.5, 0.6) is 0 Å². The molecule has 0 spiro atoms. The van der Waals surface area contributed by atoms with Gasteiger partial charge in [0.05, 0.1) is 27.7 Å². The third kappa shape index (κ3) is 48.2. The maximum Gasteiger partial charge on any atom is 0.472 e. The molecule has 0 amide bonds. The lowest BCUT2D eigenvalue weighted by Crippen LogP contribution is -2.47. The average molecular weight is 1010 g/mol. The lowest BCUT2D eigenvalue weighted by atomic mass is 10.1. The number of phosphoric ester groups is 1. The van der Waals surface area contributed by atoms with Gasteiger partial charge in [-0.05, 0) is 77.6 Å². The summed E-state index contributed by atoms with van der Waals surface area (Å²) in [5.74, 6) is -1.27. The van der Waals surface area contributed by atoms with E-state index >= 15 is 0 Å². The van der Waals surface area contributed by atoms with Gasteiger partial charge in [-0.15, -0.1) is 0 Å². The molecule has 0 bridgehead atoms. The van der Waals surface area contributed by atoms with Gasteiger partial charge in [0.15, 0.2) is 12.2 Å².